The molecule has 96 valence electrons. The Morgan fingerprint density at radius 2 is 2.00 bits per heavy atom. The van der Waals surface area contributed by atoms with E-state index in [0.717, 1.165) is 31.2 Å². The van der Waals surface area contributed by atoms with Crippen LogP contribution in [0, 0.1) is 5.82 Å². The molecule has 0 heterocycles. The molecule has 1 N–H and O–H groups in total. The average molecular weight is 247 g/mol. The zero-order valence-corrected chi connectivity index (χ0v) is 10.4. The maximum atomic E-state index is 13.3. The minimum absolute atomic E-state index is 0.0972. The Bertz CT molecular complexity index is 461. The van der Waals surface area contributed by atoms with Crippen LogP contribution in [0.3, 0.4) is 0 Å². The van der Waals surface area contributed by atoms with E-state index in [9.17, 15) is 9.18 Å². The van der Waals surface area contributed by atoms with Crippen LogP contribution >= 0.6 is 0 Å². The zero-order chi connectivity index (χ0) is 12.6. The standard InChI is InChI=1S/C15H18FNO/c16-12-5-3-4-11(10-12)15(8-9-15)14(18)17-13-6-1-2-7-13/h3-5,10,13H,1-2,6-9H2,(H,17,18). The number of rotatable bonds is 3. The maximum absolute atomic E-state index is 13.3. The van der Waals surface area contributed by atoms with Crippen LogP contribution in [-0.2, 0) is 10.2 Å². The second-order valence-electron chi connectivity index (χ2n) is 5.55. The lowest BCUT2D eigenvalue weighted by Crippen LogP contribution is -2.40. The van der Waals surface area contributed by atoms with Crippen molar-refractivity contribution in [2.75, 3.05) is 0 Å². The Balaban J connectivity index is 1.75. The van der Waals surface area contributed by atoms with E-state index in [1.54, 1.807) is 6.07 Å². The van der Waals surface area contributed by atoms with Gasteiger partial charge in [0.15, 0.2) is 0 Å². The topological polar surface area (TPSA) is 29.1 Å². The average Bonchev–Trinajstić information content (AvgIpc) is 3.03. The monoisotopic (exact) mass is 247 g/mol. The van der Waals surface area contributed by atoms with Gasteiger partial charge in [0.2, 0.25) is 5.91 Å². The molecule has 1 aromatic carbocycles. The van der Waals surface area contributed by atoms with Crippen molar-refractivity contribution in [3.63, 3.8) is 0 Å². The summed E-state index contributed by atoms with van der Waals surface area (Å²) in [6.07, 6.45) is 6.27. The Hall–Kier alpha value is -1.38. The summed E-state index contributed by atoms with van der Waals surface area (Å²) in [6.45, 7) is 0. The van der Waals surface area contributed by atoms with Gasteiger partial charge in [-0.1, -0.05) is 25.0 Å². The Morgan fingerprint density at radius 1 is 1.28 bits per heavy atom. The highest BCUT2D eigenvalue weighted by Gasteiger charge is 2.51. The van der Waals surface area contributed by atoms with Gasteiger partial charge in [-0.2, -0.15) is 0 Å². The number of benzene rings is 1. The molecule has 0 unspecified atom stereocenters. The summed E-state index contributed by atoms with van der Waals surface area (Å²) in [5.74, 6) is -0.160. The van der Waals surface area contributed by atoms with Gasteiger partial charge in [0, 0.05) is 6.04 Å². The number of carbonyl (C=O) groups excluding carboxylic acids is 1. The van der Waals surface area contributed by atoms with E-state index in [1.807, 2.05) is 6.07 Å². The summed E-state index contributed by atoms with van der Waals surface area (Å²) in [5.41, 5.74) is 0.392. The van der Waals surface area contributed by atoms with Crippen molar-refractivity contribution in [1.82, 2.24) is 5.32 Å². The number of carbonyl (C=O) groups is 1. The Labute approximate surface area is 107 Å². The number of hydrogen-bond acceptors (Lipinski definition) is 1. The van der Waals surface area contributed by atoms with E-state index >= 15 is 0 Å². The summed E-state index contributed by atoms with van der Waals surface area (Å²) in [6, 6.07) is 6.82. The molecule has 1 amide bonds. The molecular formula is C15H18FNO. The van der Waals surface area contributed by atoms with Gasteiger partial charge in [-0.15, -0.1) is 0 Å². The van der Waals surface area contributed by atoms with Gasteiger partial charge in [-0.05, 0) is 43.4 Å². The minimum Gasteiger partial charge on any atom is -0.353 e. The Morgan fingerprint density at radius 3 is 2.61 bits per heavy atom. The first-order chi connectivity index (χ1) is 8.71. The van der Waals surface area contributed by atoms with E-state index in [4.69, 9.17) is 0 Å². The van der Waals surface area contributed by atoms with Crippen LogP contribution in [0.25, 0.3) is 0 Å². The van der Waals surface area contributed by atoms with Crippen LogP contribution < -0.4 is 5.32 Å². The molecule has 2 aliphatic carbocycles. The summed E-state index contributed by atoms with van der Waals surface area (Å²) in [7, 11) is 0. The predicted molar refractivity (Wildman–Crippen MR) is 67.7 cm³/mol. The van der Waals surface area contributed by atoms with Crippen LogP contribution in [-0.4, -0.2) is 11.9 Å². The molecule has 0 saturated heterocycles. The number of amides is 1. The van der Waals surface area contributed by atoms with Gasteiger partial charge in [-0.25, -0.2) is 4.39 Å². The smallest absolute Gasteiger partial charge is 0.230 e. The normalized spacial score (nSPS) is 21.8. The molecule has 0 aromatic heterocycles. The van der Waals surface area contributed by atoms with Crippen molar-refractivity contribution in [2.24, 2.45) is 0 Å². The van der Waals surface area contributed by atoms with Gasteiger partial charge in [-0.3, -0.25) is 4.79 Å². The quantitative estimate of drug-likeness (QED) is 0.874. The lowest BCUT2D eigenvalue weighted by Gasteiger charge is -2.19. The third kappa shape index (κ3) is 2.02. The van der Waals surface area contributed by atoms with Crippen molar-refractivity contribution in [1.29, 1.82) is 0 Å². The van der Waals surface area contributed by atoms with Crippen molar-refractivity contribution in [3.8, 4) is 0 Å². The molecule has 0 aliphatic heterocycles. The molecule has 2 nitrogen and oxygen atoms in total. The minimum atomic E-state index is -0.440. The molecule has 1 aromatic rings. The van der Waals surface area contributed by atoms with E-state index in [1.165, 1.54) is 25.0 Å². The summed E-state index contributed by atoms with van der Waals surface area (Å²) >= 11 is 0. The van der Waals surface area contributed by atoms with Crippen molar-refractivity contribution in [3.05, 3.63) is 35.6 Å². The highest BCUT2D eigenvalue weighted by Crippen LogP contribution is 2.48. The highest BCUT2D eigenvalue weighted by molar-refractivity contribution is 5.91. The zero-order valence-electron chi connectivity index (χ0n) is 10.4. The SMILES string of the molecule is O=C(NC1CCCC1)C1(c2cccc(F)c2)CC1. The molecule has 0 bridgehead atoms. The lowest BCUT2D eigenvalue weighted by atomic mass is 9.94. The second kappa shape index (κ2) is 4.38. The molecule has 2 saturated carbocycles. The molecular weight excluding hydrogens is 229 g/mol. The molecule has 0 atom stereocenters. The summed E-state index contributed by atoms with van der Waals surface area (Å²) in [4.78, 5) is 12.4. The van der Waals surface area contributed by atoms with Gasteiger partial charge in [0.1, 0.15) is 5.82 Å². The third-order valence-corrected chi connectivity index (χ3v) is 4.25. The molecule has 2 fully saturated rings. The summed E-state index contributed by atoms with van der Waals surface area (Å²) < 4.78 is 13.3. The van der Waals surface area contributed by atoms with Gasteiger partial charge in [0.05, 0.1) is 5.41 Å². The maximum Gasteiger partial charge on any atom is 0.230 e. The lowest BCUT2D eigenvalue weighted by molar-refractivity contribution is -0.124. The summed E-state index contributed by atoms with van der Waals surface area (Å²) in [5, 5.41) is 3.14. The fourth-order valence-corrected chi connectivity index (χ4v) is 2.95. The first-order valence-electron chi connectivity index (χ1n) is 6.78. The van der Waals surface area contributed by atoms with Crippen molar-refractivity contribution >= 4 is 5.91 Å². The van der Waals surface area contributed by atoms with Crippen LogP contribution in [0.2, 0.25) is 0 Å². The van der Waals surface area contributed by atoms with E-state index in [0.29, 0.717) is 6.04 Å². The molecule has 2 aliphatic rings. The van der Waals surface area contributed by atoms with Crippen LogP contribution in [0.5, 0.6) is 0 Å². The molecule has 0 radical (unpaired) electrons. The largest absolute Gasteiger partial charge is 0.353 e. The fourth-order valence-electron chi connectivity index (χ4n) is 2.95. The molecule has 3 heteroatoms. The van der Waals surface area contributed by atoms with Gasteiger partial charge >= 0.3 is 0 Å². The molecule has 3 rings (SSSR count). The van der Waals surface area contributed by atoms with Crippen LogP contribution in [0.4, 0.5) is 4.39 Å². The first kappa shape index (κ1) is 11.7. The van der Waals surface area contributed by atoms with Crippen molar-refractivity contribution in [2.45, 2.75) is 50.0 Å². The number of halogens is 1. The first-order valence-corrected chi connectivity index (χ1v) is 6.78. The third-order valence-electron chi connectivity index (χ3n) is 4.25. The van der Waals surface area contributed by atoms with E-state index < -0.39 is 5.41 Å². The van der Waals surface area contributed by atoms with Crippen molar-refractivity contribution < 1.29 is 9.18 Å². The van der Waals surface area contributed by atoms with Crippen LogP contribution in [0.15, 0.2) is 24.3 Å². The predicted octanol–water partition coefficient (Wildman–Crippen LogP) is 2.92. The highest BCUT2D eigenvalue weighted by atomic mass is 19.1. The number of hydrogen-bond donors (Lipinski definition) is 1. The van der Waals surface area contributed by atoms with Gasteiger partial charge in [0.25, 0.3) is 0 Å². The molecule has 0 spiro atoms. The van der Waals surface area contributed by atoms with E-state index in [-0.39, 0.29) is 11.7 Å². The van der Waals surface area contributed by atoms with Gasteiger partial charge < -0.3 is 5.32 Å². The van der Waals surface area contributed by atoms with E-state index in [2.05, 4.69) is 5.32 Å². The second-order valence-corrected chi connectivity index (χ2v) is 5.55. The Kier molecular flexibility index (Phi) is 2.84. The molecule has 18 heavy (non-hydrogen) atoms. The number of nitrogens with one attached hydrogen (secondary N) is 1. The fraction of sp³-hybridized carbons (Fsp3) is 0.533. The van der Waals surface area contributed by atoms with Crippen LogP contribution in [0.1, 0.15) is 44.1 Å².